The van der Waals surface area contributed by atoms with Gasteiger partial charge < -0.3 is 4.74 Å². The van der Waals surface area contributed by atoms with Gasteiger partial charge in [-0.15, -0.1) is 0 Å². The molecule has 0 aliphatic carbocycles. The summed E-state index contributed by atoms with van der Waals surface area (Å²) in [5.41, 5.74) is 3.58. The second-order valence-corrected chi connectivity index (χ2v) is 3.22. The van der Waals surface area contributed by atoms with E-state index in [0.717, 1.165) is 5.56 Å². The third-order valence-electron chi connectivity index (χ3n) is 1.79. The normalized spacial score (nSPS) is 10.4. The highest BCUT2D eigenvalue weighted by molar-refractivity contribution is 5.52. The number of rotatable bonds is 4. The smallest absolute Gasteiger partial charge is 0.417 e. The zero-order valence-electron chi connectivity index (χ0n) is 8.41. The van der Waals surface area contributed by atoms with Gasteiger partial charge in [0.1, 0.15) is 6.61 Å². The highest BCUT2D eigenvalue weighted by Crippen LogP contribution is 2.10. The molecule has 1 aromatic carbocycles. The third kappa shape index (κ3) is 3.44. The minimum absolute atomic E-state index is 0.274. The van der Waals surface area contributed by atoms with Gasteiger partial charge in [0, 0.05) is 0 Å². The van der Waals surface area contributed by atoms with E-state index in [-0.39, 0.29) is 6.61 Å². The molecular weight excluding hydrogens is 176 g/mol. The molecule has 0 saturated heterocycles. The van der Waals surface area contributed by atoms with Crippen LogP contribution in [-0.4, -0.2) is 13.1 Å². The molecule has 2 nitrogen and oxygen atoms in total. The van der Waals surface area contributed by atoms with Crippen molar-refractivity contribution in [2.45, 2.75) is 13.8 Å². The van der Waals surface area contributed by atoms with E-state index in [2.05, 4.69) is 36.8 Å². The van der Waals surface area contributed by atoms with E-state index in [1.54, 1.807) is 6.08 Å². The minimum Gasteiger partial charge on any atom is -0.453 e. The number of hydrogen-bond donors (Lipinski definition) is 0. The van der Waals surface area contributed by atoms with Gasteiger partial charge in [-0.3, -0.25) is 0 Å². The van der Waals surface area contributed by atoms with Gasteiger partial charge in [0.25, 0.3) is 0 Å². The average molecular weight is 189 g/mol. The van der Waals surface area contributed by atoms with E-state index in [1.165, 1.54) is 17.6 Å². The SMILES string of the molecule is Cc1cc(C)cc(C=CCO[C]=O)c1. The van der Waals surface area contributed by atoms with Gasteiger partial charge in [-0.1, -0.05) is 35.4 Å². The standard InChI is InChI=1S/C12H13O2/c1-10-6-11(2)8-12(7-10)4-3-5-14-9-13/h3-4,6-8H,5H2,1-2H3. The van der Waals surface area contributed by atoms with Crippen molar-refractivity contribution in [1.82, 2.24) is 0 Å². The molecule has 0 unspecified atom stereocenters. The molecule has 0 aliphatic rings. The Morgan fingerprint density at radius 1 is 1.29 bits per heavy atom. The quantitative estimate of drug-likeness (QED) is 0.680. The summed E-state index contributed by atoms with van der Waals surface area (Å²) in [5.74, 6) is 0. The predicted molar refractivity (Wildman–Crippen MR) is 56.6 cm³/mol. The van der Waals surface area contributed by atoms with Crippen molar-refractivity contribution in [3.05, 3.63) is 41.0 Å². The van der Waals surface area contributed by atoms with Gasteiger partial charge in [0.05, 0.1) is 0 Å². The van der Waals surface area contributed by atoms with Gasteiger partial charge in [0.15, 0.2) is 0 Å². The van der Waals surface area contributed by atoms with E-state index in [9.17, 15) is 4.79 Å². The van der Waals surface area contributed by atoms with Crippen LogP contribution >= 0.6 is 0 Å². The second kappa shape index (κ2) is 5.22. The van der Waals surface area contributed by atoms with Crippen molar-refractivity contribution < 1.29 is 9.53 Å². The number of benzene rings is 1. The third-order valence-corrected chi connectivity index (χ3v) is 1.79. The lowest BCUT2D eigenvalue weighted by molar-refractivity contribution is 0.314. The molecular formula is C12H13O2. The van der Waals surface area contributed by atoms with Crippen LogP contribution < -0.4 is 0 Å². The van der Waals surface area contributed by atoms with Crippen LogP contribution in [0.5, 0.6) is 0 Å². The lowest BCUT2D eigenvalue weighted by atomic mass is 10.1. The number of hydrogen-bond acceptors (Lipinski definition) is 2. The summed E-state index contributed by atoms with van der Waals surface area (Å²) < 4.78 is 4.42. The Kier molecular flexibility index (Phi) is 3.92. The first-order chi connectivity index (χ1) is 6.72. The molecule has 0 aliphatic heterocycles. The summed E-state index contributed by atoms with van der Waals surface area (Å²) in [7, 11) is 0. The highest BCUT2D eigenvalue weighted by atomic mass is 16.5. The molecule has 14 heavy (non-hydrogen) atoms. The topological polar surface area (TPSA) is 26.3 Å². The van der Waals surface area contributed by atoms with E-state index < -0.39 is 0 Å². The van der Waals surface area contributed by atoms with Crippen LogP contribution in [0.15, 0.2) is 24.3 Å². The highest BCUT2D eigenvalue weighted by Gasteiger charge is 1.91. The van der Waals surface area contributed by atoms with Crippen LogP contribution in [0.1, 0.15) is 16.7 Å². The van der Waals surface area contributed by atoms with Gasteiger partial charge in [-0.25, -0.2) is 4.79 Å². The zero-order chi connectivity index (χ0) is 10.4. The fraction of sp³-hybridized carbons (Fsp3) is 0.250. The fourth-order valence-corrected chi connectivity index (χ4v) is 1.37. The fourth-order valence-electron chi connectivity index (χ4n) is 1.37. The Morgan fingerprint density at radius 2 is 1.93 bits per heavy atom. The predicted octanol–water partition coefficient (Wildman–Crippen LogP) is 2.40. The van der Waals surface area contributed by atoms with E-state index >= 15 is 0 Å². The summed E-state index contributed by atoms with van der Waals surface area (Å²) in [6.45, 7) is 5.76. The molecule has 0 saturated carbocycles. The van der Waals surface area contributed by atoms with Crippen LogP contribution in [0.3, 0.4) is 0 Å². The van der Waals surface area contributed by atoms with Gasteiger partial charge in [0.2, 0.25) is 0 Å². The monoisotopic (exact) mass is 189 g/mol. The molecule has 0 atom stereocenters. The van der Waals surface area contributed by atoms with Crippen molar-refractivity contribution in [2.24, 2.45) is 0 Å². The first-order valence-electron chi connectivity index (χ1n) is 4.46. The molecule has 0 aromatic heterocycles. The summed E-state index contributed by atoms with van der Waals surface area (Å²) in [6, 6.07) is 6.27. The van der Waals surface area contributed by atoms with Crippen LogP contribution in [0.25, 0.3) is 6.08 Å². The van der Waals surface area contributed by atoms with E-state index in [1.807, 2.05) is 6.08 Å². The van der Waals surface area contributed by atoms with Crippen LogP contribution in [0.4, 0.5) is 0 Å². The van der Waals surface area contributed by atoms with Crippen molar-refractivity contribution in [3.8, 4) is 0 Å². The molecule has 0 N–H and O–H groups in total. The first kappa shape index (κ1) is 10.5. The Labute approximate surface area is 84.2 Å². The van der Waals surface area contributed by atoms with Gasteiger partial charge >= 0.3 is 6.47 Å². The lowest BCUT2D eigenvalue weighted by Crippen LogP contribution is -1.86. The number of ether oxygens (including phenoxy) is 1. The molecule has 0 bridgehead atoms. The molecule has 0 spiro atoms. The molecule has 2 heteroatoms. The number of aryl methyl sites for hydroxylation is 2. The molecule has 1 rings (SSSR count). The Hall–Kier alpha value is -1.57. The van der Waals surface area contributed by atoms with Crippen LogP contribution in [0, 0.1) is 13.8 Å². The Morgan fingerprint density at radius 3 is 2.50 bits per heavy atom. The Balaban J connectivity index is 2.66. The van der Waals surface area contributed by atoms with Crippen LogP contribution in [0.2, 0.25) is 0 Å². The van der Waals surface area contributed by atoms with Crippen molar-refractivity contribution in [1.29, 1.82) is 0 Å². The number of carbonyl (C=O) groups excluding carboxylic acids is 1. The zero-order valence-corrected chi connectivity index (χ0v) is 8.41. The van der Waals surface area contributed by atoms with Crippen molar-refractivity contribution in [3.63, 3.8) is 0 Å². The molecule has 0 heterocycles. The molecule has 73 valence electrons. The van der Waals surface area contributed by atoms with Crippen molar-refractivity contribution in [2.75, 3.05) is 6.61 Å². The molecule has 0 fully saturated rings. The summed E-state index contributed by atoms with van der Waals surface area (Å²) in [6.07, 6.45) is 3.72. The molecule has 0 amide bonds. The lowest BCUT2D eigenvalue weighted by Gasteiger charge is -1.99. The largest absolute Gasteiger partial charge is 0.453 e. The maximum atomic E-state index is 9.74. The summed E-state index contributed by atoms with van der Waals surface area (Å²) >= 11 is 0. The summed E-state index contributed by atoms with van der Waals surface area (Å²) in [5, 5.41) is 0. The first-order valence-corrected chi connectivity index (χ1v) is 4.46. The van der Waals surface area contributed by atoms with Crippen molar-refractivity contribution >= 4 is 12.5 Å². The van der Waals surface area contributed by atoms with Gasteiger partial charge in [-0.05, 0) is 25.5 Å². The maximum absolute atomic E-state index is 9.74. The summed E-state index contributed by atoms with van der Waals surface area (Å²) in [4.78, 5) is 9.74. The van der Waals surface area contributed by atoms with Crippen LogP contribution in [-0.2, 0) is 9.53 Å². The maximum Gasteiger partial charge on any atom is 0.417 e. The van der Waals surface area contributed by atoms with E-state index in [4.69, 9.17) is 0 Å². The molecule has 1 aromatic rings. The Bertz CT molecular complexity index is 320. The van der Waals surface area contributed by atoms with E-state index in [0.29, 0.717) is 0 Å². The molecule has 1 radical (unpaired) electrons. The second-order valence-electron chi connectivity index (χ2n) is 3.22. The average Bonchev–Trinajstić information content (AvgIpc) is 2.11. The van der Waals surface area contributed by atoms with Gasteiger partial charge in [-0.2, -0.15) is 0 Å². The minimum atomic E-state index is 0.274.